The van der Waals surface area contributed by atoms with Gasteiger partial charge in [-0.15, -0.1) is 0 Å². The second-order valence-electron chi connectivity index (χ2n) is 12.0. The summed E-state index contributed by atoms with van der Waals surface area (Å²) < 4.78 is 20.2. The zero-order valence-electron chi connectivity index (χ0n) is 21.4. The van der Waals surface area contributed by atoms with Gasteiger partial charge in [0.15, 0.2) is 18.1 Å². The summed E-state index contributed by atoms with van der Waals surface area (Å²) in [6.45, 7) is 36.9. The zero-order valence-corrected chi connectivity index (χ0v) is 25.7. The highest BCUT2D eigenvalue weighted by Crippen LogP contribution is 2.47. The molecule has 0 aliphatic rings. The summed E-state index contributed by atoms with van der Waals surface area (Å²) in [5.74, 6) is 0. The minimum Gasteiger partial charge on any atom is -0.418 e. The summed E-state index contributed by atoms with van der Waals surface area (Å²) >= 11 is 0. The molecule has 0 aliphatic carbocycles. The van der Waals surface area contributed by atoms with Crippen LogP contribution in [-0.2, 0) is 13.3 Å². The molecule has 0 fully saturated rings. The van der Waals surface area contributed by atoms with Crippen molar-refractivity contribution in [2.24, 2.45) is 0 Å². The molecule has 0 radical (unpaired) electrons. The molecule has 1 atom stereocenters. The van der Waals surface area contributed by atoms with Crippen LogP contribution in [-0.4, -0.2) is 50.5 Å². The van der Waals surface area contributed by atoms with E-state index >= 15 is 0 Å². The Morgan fingerprint density at radius 1 is 0.630 bits per heavy atom. The molecule has 0 aromatic heterocycles. The molecule has 0 spiro atoms. The number of hydrogen-bond donors (Lipinski definition) is 0. The van der Waals surface area contributed by atoms with Crippen LogP contribution in [0.5, 0.6) is 0 Å². The van der Waals surface area contributed by atoms with E-state index in [1.807, 2.05) is 0 Å². The lowest BCUT2D eigenvalue weighted by molar-refractivity contribution is 0.0212. The molecule has 0 heterocycles. The maximum absolute atomic E-state index is 6.98. The van der Waals surface area contributed by atoms with Crippen LogP contribution in [0.25, 0.3) is 0 Å². The van der Waals surface area contributed by atoms with Gasteiger partial charge in [-0.05, 0) is 74.3 Å². The lowest BCUT2D eigenvalue weighted by Crippen LogP contribution is -2.62. The fourth-order valence-corrected chi connectivity index (χ4v) is 12.0. The molecule has 0 rings (SSSR count). The van der Waals surface area contributed by atoms with E-state index in [-0.39, 0.29) is 21.1 Å². The summed E-state index contributed by atoms with van der Waals surface area (Å²) in [6.07, 6.45) is 0. The molecule has 164 valence electrons. The molecule has 3 nitrogen and oxygen atoms in total. The predicted molar refractivity (Wildman–Crippen MR) is 132 cm³/mol. The minimum atomic E-state index is -2.09. The van der Waals surface area contributed by atoms with Crippen LogP contribution in [0, 0.1) is 0 Å². The smallest absolute Gasteiger partial charge is 0.216 e. The molecule has 0 aromatic rings. The van der Waals surface area contributed by atoms with Crippen molar-refractivity contribution in [3.05, 3.63) is 0 Å². The molecule has 27 heavy (non-hydrogen) atoms. The molecule has 0 saturated heterocycles. The molecule has 0 aliphatic heterocycles. The van der Waals surface area contributed by atoms with Crippen molar-refractivity contribution in [3.8, 4) is 0 Å². The predicted octanol–water partition coefficient (Wildman–Crippen LogP) is 6.11. The number of rotatable bonds is 10. The molecule has 0 saturated carbocycles. The first-order valence-electron chi connectivity index (χ1n) is 10.6. The van der Waals surface area contributed by atoms with Crippen molar-refractivity contribution in [1.82, 2.24) is 0 Å². The monoisotopic (exact) mass is 450 g/mol. The van der Waals surface area contributed by atoms with Gasteiger partial charge in [0, 0.05) is 10.3 Å². The van der Waals surface area contributed by atoms with E-state index in [9.17, 15) is 0 Å². The van der Waals surface area contributed by atoms with Crippen molar-refractivity contribution >= 4 is 34.5 Å². The van der Waals surface area contributed by atoms with E-state index in [2.05, 4.69) is 108 Å². The van der Waals surface area contributed by atoms with Crippen LogP contribution >= 0.6 is 0 Å². The van der Waals surface area contributed by atoms with Gasteiger partial charge in [-0.1, -0.05) is 33.5 Å². The third kappa shape index (κ3) is 6.62. The Morgan fingerprint density at radius 3 is 1.37 bits per heavy atom. The average Bonchev–Trinajstić information content (AvgIpc) is 2.32. The second kappa shape index (κ2) is 8.47. The molecule has 0 aromatic carbocycles. The SMILES string of the molecule is C[SiH](C)OC(C)(C)[Si](C)(C)OC(C)(C)C(C)(C)[SiH](C)OC(C)(C)[Si](C)(C)C. The summed E-state index contributed by atoms with van der Waals surface area (Å²) in [5, 5.41) is -0.214. The molecule has 1 unspecified atom stereocenters. The maximum Gasteiger partial charge on any atom is 0.216 e. The Labute approximate surface area is 176 Å². The Bertz CT molecular complexity index is 492. The van der Waals surface area contributed by atoms with Crippen molar-refractivity contribution in [2.45, 2.75) is 129 Å². The Hall–Kier alpha value is 0.748. The molecule has 0 bridgehead atoms. The van der Waals surface area contributed by atoms with Crippen molar-refractivity contribution < 1.29 is 13.3 Å². The van der Waals surface area contributed by atoms with Crippen molar-refractivity contribution in [3.63, 3.8) is 0 Å². The van der Waals surface area contributed by atoms with Gasteiger partial charge in [-0.25, -0.2) is 0 Å². The van der Waals surface area contributed by atoms with E-state index in [0.717, 1.165) is 0 Å². The lowest BCUT2D eigenvalue weighted by atomic mass is 9.94. The topological polar surface area (TPSA) is 27.7 Å². The molecule has 0 amide bonds. The van der Waals surface area contributed by atoms with E-state index < -0.39 is 34.5 Å². The van der Waals surface area contributed by atoms with Crippen LogP contribution in [0.3, 0.4) is 0 Å². The fraction of sp³-hybridized carbons (Fsp3) is 1.00. The zero-order chi connectivity index (χ0) is 22.3. The van der Waals surface area contributed by atoms with E-state index in [4.69, 9.17) is 13.3 Å². The minimum absolute atomic E-state index is 0.000467. The van der Waals surface area contributed by atoms with Gasteiger partial charge in [0.25, 0.3) is 0 Å². The van der Waals surface area contributed by atoms with Crippen LogP contribution < -0.4 is 0 Å². The summed E-state index contributed by atoms with van der Waals surface area (Å²) in [6, 6.07) is 0. The molecule has 0 N–H and O–H groups in total. The highest BCUT2D eigenvalue weighted by atomic mass is 28.4. The summed E-state index contributed by atoms with van der Waals surface area (Å²) in [5.41, 5.74) is -0.261. The lowest BCUT2D eigenvalue weighted by Gasteiger charge is -2.53. The molecule has 7 heteroatoms. The summed E-state index contributed by atoms with van der Waals surface area (Å²) in [7, 11) is -6.17. The first-order chi connectivity index (χ1) is 11.5. The highest BCUT2D eigenvalue weighted by molar-refractivity contribution is 6.79. The average molecular weight is 451 g/mol. The van der Waals surface area contributed by atoms with E-state index in [1.165, 1.54) is 0 Å². The standard InChI is InChI=1S/C20H50O3Si4/c1-17(2,23-27(15,16)20(7,8)21-24(9)10)18(3,4)25(11)22-19(5,6)26(12,13)14/h24-25H,1-16H3. The van der Waals surface area contributed by atoms with Gasteiger partial charge >= 0.3 is 0 Å². The Kier molecular flexibility index (Phi) is 8.71. The van der Waals surface area contributed by atoms with Crippen LogP contribution in [0.15, 0.2) is 0 Å². The van der Waals surface area contributed by atoms with Gasteiger partial charge in [0.2, 0.25) is 8.32 Å². The van der Waals surface area contributed by atoms with Gasteiger partial charge in [0.05, 0.1) is 18.9 Å². The van der Waals surface area contributed by atoms with E-state index in [0.29, 0.717) is 0 Å². The maximum atomic E-state index is 6.98. The highest BCUT2D eigenvalue weighted by Gasteiger charge is 2.53. The fourth-order valence-electron chi connectivity index (χ4n) is 2.88. The first kappa shape index (κ1) is 27.7. The third-order valence-corrected chi connectivity index (χ3v) is 20.3. The quantitative estimate of drug-likeness (QED) is 0.376. The molecular weight excluding hydrogens is 401 g/mol. The van der Waals surface area contributed by atoms with Crippen LogP contribution in [0.4, 0.5) is 0 Å². The van der Waals surface area contributed by atoms with Gasteiger partial charge in [-0.2, -0.15) is 0 Å². The molecular formula is C20H50O3Si4. The normalized spacial score (nSPS) is 16.8. The second-order valence-corrected chi connectivity index (χ2v) is 27.5. The van der Waals surface area contributed by atoms with Crippen LogP contribution in [0.2, 0.25) is 57.4 Å². The first-order valence-corrected chi connectivity index (χ1v) is 22.0. The van der Waals surface area contributed by atoms with Gasteiger partial charge < -0.3 is 13.3 Å². The van der Waals surface area contributed by atoms with E-state index in [1.54, 1.807) is 0 Å². The Balaban J connectivity index is 5.60. The number of hydrogen-bond acceptors (Lipinski definition) is 3. The van der Waals surface area contributed by atoms with Crippen molar-refractivity contribution in [2.75, 3.05) is 0 Å². The van der Waals surface area contributed by atoms with Gasteiger partial charge in [-0.3, -0.25) is 0 Å². The largest absolute Gasteiger partial charge is 0.418 e. The Morgan fingerprint density at radius 2 is 1.04 bits per heavy atom. The van der Waals surface area contributed by atoms with Crippen molar-refractivity contribution in [1.29, 1.82) is 0 Å². The summed E-state index contributed by atoms with van der Waals surface area (Å²) in [4.78, 5) is 0. The van der Waals surface area contributed by atoms with Gasteiger partial charge in [0.1, 0.15) is 0 Å². The van der Waals surface area contributed by atoms with Crippen LogP contribution in [0.1, 0.15) is 55.4 Å². The third-order valence-electron chi connectivity index (χ3n) is 7.34.